The molecule has 1 atom stereocenters. The second kappa shape index (κ2) is 59.6. The Labute approximate surface area is 444 Å². The lowest BCUT2D eigenvalue weighted by atomic mass is 10.1. The third kappa shape index (κ3) is 57.0. The van der Waals surface area contributed by atoms with Crippen molar-refractivity contribution in [3.05, 3.63) is 109 Å². The first-order valence-electron chi connectivity index (χ1n) is 29.9. The highest BCUT2D eigenvalue weighted by Gasteiger charge is 2.19. The largest absolute Gasteiger partial charge is 0.462 e. The van der Waals surface area contributed by atoms with Crippen LogP contribution in [0.2, 0.25) is 0 Å². The lowest BCUT2D eigenvalue weighted by Gasteiger charge is -2.18. The molecule has 0 aliphatic carbocycles. The van der Waals surface area contributed by atoms with Gasteiger partial charge in [-0.25, -0.2) is 0 Å². The van der Waals surface area contributed by atoms with E-state index in [1.807, 2.05) is 0 Å². The molecule has 0 aliphatic rings. The van der Waals surface area contributed by atoms with E-state index in [-0.39, 0.29) is 31.1 Å². The van der Waals surface area contributed by atoms with Crippen molar-refractivity contribution in [3.8, 4) is 0 Å². The van der Waals surface area contributed by atoms with Crippen LogP contribution >= 0.6 is 0 Å². The average molecular weight is 1000 g/mol. The van der Waals surface area contributed by atoms with E-state index < -0.39 is 6.10 Å². The van der Waals surface area contributed by atoms with Gasteiger partial charge in [-0.2, -0.15) is 0 Å². The molecule has 6 nitrogen and oxygen atoms in total. The molecule has 0 aromatic rings. The van der Waals surface area contributed by atoms with Gasteiger partial charge >= 0.3 is 17.9 Å². The maximum Gasteiger partial charge on any atom is 0.306 e. The molecule has 0 heterocycles. The van der Waals surface area contributed by atoms with Crippen molar-refractivity contribution in [1.29, 1.82) is 0 Å². The number of hydrogen-bond donors (Lipinski definition) is 0. The molecule has 1 unspecified atom stereocenters. The fraction of sp³-hybridized carbons (Fsp3) is 0.682. The molecular weight excluding hydrogens is 889 g/mol. The Morgan fingerprint density at radius 1 is 0.292 bits per heavy atom. The molecule has 0 saturated heterocycles. The summed E-state index contributed by atoms with van der Waals surface area (Å²) in [7, 11) is 0. The van der Waals surface area contributed by atoms with Crippen LogP contribution in [0.25, 0.3) is 0 Å². The molecule has 0 saturated carbocycles. The maximum absolute atomic E-state index is 12.9. The number of esters is 3. The van der Waals surface area contributed by atoms with Crippen LogP contribution in [0.5, 0.6) is 0 Å². The fourth-order valence-corrected chi connectivity index (χ4v) is 7.99. The van der Waals surface area contributed by atoms with Crippen LogP contribution in [0.1, 0.15) is 271 Å². The first-order valence-corrected chi connectivity index (χ1v) is 29.9. The Balaban J connectivity index is 4.40. The summed E-state index contributed by atoms with van der Waals surface area (Å²) < 4.78 is 16.8. The molecule has 0 aromatic heterocycles. The summed E-state index contributed by atoms with van der Waals surface area (Å²) in [5.41, 5.74) is 0. The fourth-order valence-electron chi connectivity index (χ4n) is 7.99. The van der Waals surface area contributed by atoms with Gasteiger partial charge in [0.15, 0.2) is 6.10 Å². The summed E-state index contributed by atoms with van der Waals surface area (Å²) >= 11 is 0. The first-order chi connectivity index (χ1) is 35.5. The third-order valence-corrected chi connectivity index (χ3v) is 12.5. The molecule has 0 N–H and O–H groups in total. The normalized spacial score (nSPS) is 12.9. The number of unbranched alkanes of at least 4 members (excludes halogenated alkanes) is 24. The summed E-state index contributed by atoms with van der Waals surface area (Å²) in [6.07, 6.45) is 80.8. The van der Waals surface area contributed by atoms with E-state index in [2.05, 4.69) is 130 Å². The number of ether oxygens (including phenoxy) is 3. The number of carbonyl (C=O) groups excluding carboxylic acids is 3. The summed E-state index contributed by atoms with van der Waals surface area (Å²) in [6, 6.07) is 0. The van der Waals surface area contributed by atoms with E-state index in [1.54, 1.807) is 0 Å². The quantitative estimate of drug-likeness (QED) is 0.0261. The van der Waals surface area contributed by atoms with Gasteiger partial charge in [0.25, 0.3) is 0 Å². The number of carbonyl (C=O) groups is 3. The topological polar surface area (TPSA) is 78.9 Å². The zero-order valence-electron chi connectivity index (χ0n) is 46.9. The molecule has 0 radical (unpaired) electrons. The van der Waals surface area contributed by atoms with Crippen LogP contribution in [-0.2, 0) is 28.6 Å². The highest BCUT2D eigenvalue weighted by atomic mass is 16.6. The molecular formula is C66H110O6. The number of rotatable bonds is 53. The predicted molar refractivity (Wildman–Crippen MR) is 311 cm³/mol. The summed E-state index contributed by atoms with van der Waals surface area (Å²) in [6.45, 7) is 6.45. The molecule has 0 amide bonds. The standard InChI is InChI=1S/C66H110O6/c1-4-7-10-13-16-19-22-24-26-28-30-31-32-33-34-35-36-38-39-41-44-47-50-53-56-59-65(68)71-62-63(61-70-64(67)58-55-52-49-46-43-21-18-15-12-9-6-3)72-66(69)60-57-54-51-48-45-42-40-37-29-27-25-23-20-17-14-11-8-5-2/h7,10,15-16,18-19,24,26-27,29-31,33-34,36,38,41,44,63H,4-6,8-9,11-14,17,20-23,25,28,32,35,37,39-40,42-43,45-62H2,1-3H3/b10-7-,18-15-,19-16-,26-24-,29-27-,31-30-,34-33-,38-36-,44-41-. The van der Waals surface area contributed by atoms with E-state index in [1.165, 1.54) is 109 Å². The molecule has 0 bridgehead atoms. The average Bonchev–Trinajstić information content (AvgIpc) is 3.38. The predicted octanol–water partition coefficient (Wildman–Crippen LogP) is 20.3. The molecule has 0 rings (SSSR count). The van der Waals surface area contributed by atoms with Crippen LogP contribution in [-0.4, -0.2) is 37.2 Å². The van der Waals surface area contributed by atoms with Crippen molar-refractivity contribution < 1.29 is 28.6 Å². The maximum atomic E-state index is 12.9. The van der Waals surface area contributed by atoms with E-state index in [0.717, 1.165) is 122 Å². The highest BCUT2D eigenvalue weighted by Crippen LogP contribution is 2.14. The lowest BCUT2D eigenvalue weighted by Crippen LogP contribution is -2.30. The molecule has 0 fully saturated rings. The van der Waals surface area contributed by atoms with Crippen molar-refractivity contribution in [1.82, 2.24) is 0 Å². The van der Waals surface area contributed by atoms with Crippen molar-refractivity contribution in [3.63, 3.8) is 0 Å². The SMILES string of the molecule is CC/C=C\C/C=C\C/C=C\C/C=C\C/C=C\C/C=C\C/C=C\CCCCCC(=O)OCC(COC(=O)CCCCCCC/C=C\CCCC)OC(=O)CCCCCCCCC/C=C\CCCCCCCCC. The van der Waals surface area contributed by atoms with E-state index in [4.69, 9.17) is 14.2 Å². The van der Waals surface area contributed by atoms with Crippen LogP contribution in [0.3, 0.4) is 0 Å². The second-order valence-electron chi connectivity index (χ2n) is 19.5. The van der Waals surface area contributed by atoms with Gasteiger partial charge in [-0.1, -0.05) is 239 Å². The Morgan fingerprint density at radius 2 is 0.556 bits per heavy atom. The number of allylic oxidation sites excluding steroid dienone is 18. The molecule has 6 heteroatoms. The van der Waals surface area contributed by atoms with Crippen molar-refractivity contribution in [2.45, 2.75) is 277 Å². The van der Waals surface area contributed by atoms with Crippen LogP contribution < -0.4 is 0 Å². The van der Waals surface area contributed by atoms with Crippen molar-refractivity contribution in [2.24, 2.45) is 0 Å². The summed E-state index contributed by atoms with van der Waals surface area (Å²) in [4.78, 5) is 38.1. The summed E-state index contributed by atoms with van der Waals surface area (Å²) in [5, 5.41) is 0. The minimum Gasteiger partial charge on any atom is -0.462 e. The molecule has 0 spiro atoms. The Morgan fingerprint density at radius 3 is 0.917 bits per heavy atom. The van der Waals surface area contributed by atoms with Gasteiger partial charge in [-0.3, -0.25) is 14.4 Å². The number of hydrogen-bond acceptors (Lipinski definition) is 6. The lowest BCUT2D eigenvalue weighted by molar-refractivity contribution is -0.167. The van der Waals surface area contributed by atoms with Gasteiger partial charge in [-0.05, 0) is 122 Å². The van der Waals surface area contributed by atoms with Gasteiger partial charge < -0.3 is 14.2 Å². The van der Waals surface area contributed by atoms with Crippen LogP contribution in [0, 0.1) is 0 Å². The Bertz CT molecular complexity index is 1470. The highest BCUT2D eigenvalue weighted by molar-refractivity contribution is 5.71. The van der Waals surface area contributed by atoms with Gasteiger partial charge in [0.2, 0.25) is 0 Å². The van der Waals surface area contributed by atoms with Gasteiger partial charge in [0.05, 0.1) is 0 Å². The van der Waals surface area contributed by atoms with Gasteiger partial charge in [0, 0.05) is 19.3 Å². The van der Waals surface area contributed by atoms with Crippen LogP contribution in [0.4, 0.5) is 0 Å². The monoisotopic (exact) mass is 999 g/mol. The van der Waals surface area contributed by atoms with Crippen molar-refractivity contribution >= 4 is 17.9 Å². The molecule has 410 valence electrons. The minimum absolute atomic E-state index is 0.0958. The molecule has 0 aromatic carbocycles. The second-order valence-corrected chi connectivity index (χ2v) is 19.5. The minimum atomic E-state index is -0.799. The van der Waals surface area contributed by atoms with E-state index >= 15 is 0 Å². The molecule has 72 heavy (non-hydrogen) atoms. The van der Waals surface area contributed by atoms with Gasteiger partial charge in [0.1, 0.15) is 13.2 Å². The Kier molecular flexibility index (Phi) is 56.4. The van der Waals surface area contributed by atoms with E-state index in [0.29, 0.717) is 19.3 Å². The first kappa shape index (κ1) is 68.1. The summed E-state index contributed by atoms with van der Waals surface area (Å²) in [5.74, 6) is -0.942. The molecule has 0 aliphatic heterocycles. The smallest absolute Gasteiger partial charge is 0.306 e. The van der Waals surface area contributed by atoms with Crippen LogP contribution in [0.15, 0.2) is 109 Å². The van der Waals surface area contributed by atoms with E-state index in [9.17, 15) is 14.4 Å². The van der Waals surface area contributed by atoms with Gasteiger partial charge in [-0.15, -0.1) is 0 Å². The van der Waals surface area contributed by atoms with Crippen molar-refractivity contribution in [2.75, 3.05) is 13.2 Å². The zero-order valence-corrected chi connectivity index (χ0v) is 46.9. The zero-order chi connectivity index (χ0) is 52.2. The third-order valence-electron chi connectivity index (χ3n) is 12.5. The Hall–Kier alpha value is -3.93.